The fourth-order valence-corrected chi connectivity index (χ4v) is 4.38. The van der Waals surface area contributed by atoms with Gasteiger partial charge in [0.05, 0.1) is 13.2 Å². The average Bonchev–Trinajstić information content (AvgIpc) is 2.85. The molecule has 2 heterocycles. The van der Waals surface area contributed by atoms with Gasteiger partial charge in [-0.1, -0.05) is 13.0 Å². The van der Waals surface area contributed by atoms with E-state index in [1.807, 2.05) is 6.08 Å². The van der Waals surface area contributed by atoms with Crippen molar-refractivity contribution in [2.24, 2.45) is 5.73 Å². The minimum atomic E-state index is -3.27. The highest BCUT2D eigenvalue weighted by Crippen LogP contribution is 2.26. The van der Waals surface area contributed by atoms with Crippen molar-refractivity contribution in [3.63, 3.8) is 0 Å². The zero-order chi connectivity index (χ0) is 26.1. The van der Waals surface area contributed by atoms with Crippen LogP contribution in [0.15, 0.2) is 47.8 Å². The van der Waals surface area contributed by atoms with Gasteiger partial charge in [-0.2, -0.15) is 8.78 Å². The minimum absolute atomic E-state index is 0.0438. The summed E-state index contributed by atoms with van der Waals surface area (Å²) in [7, 11) is 1.73. The fraction of sp³-hybridized carbons (Fsp3) is 0.577. The number of ether oxygens (including phenoxy) is 2. The summed E-state index contributed by atoms with van der Waals surface area (Å²) in [5, 5.41) is 0. The van der Waals surface area contributed by atoms with Gasteiger partial charge in [-0.25, -0.2) is 0 Å². The summed E-state index contributed by atoms with van der Waals surface area (Å²) >= 11 is 0. The second kappa shape index (κ2) is 13.0. The molecule has 0 aromatic heterocycles. The Kier molecular flexibility index (Phi) is 10.1. The van der Waals surface area contributed by atoms with E-state index in [9.17, 15) is 13.6 Å². The summed E-state index contributed by atoms with van der Waals surface area (Å²) < 4.78 is 36.3. The number of rotatable bonds is 11. The minimum Gasteiger partial charge on any atom is -0.433 e. The van der Waals surface area contributed by atoms with Gasteiger partial charge in [0.2, 0.25) is 0 Å². The molecule has 0 bridgehead atoms. The Hall–Kier alpha value is -2.69. The highest BCUT2D eigenvalue weighted by Gasteiger charge is 2.24. The number of carbonyl (C=O) groups is 1. The van der Waals surface area contributed by atoms with E-state index >= 15 is 0 Å². The molecular weight excluding hydrogens is 468 g/mol. The number of hydrogen-bond donors (Lipinski definition) is 1. The van der Waals surface area contributed by atoms with E-state index in [2.05, 4.69) is 32.4 Å². The van der Waals surface area contributed by atoms with Gasteiger partial charge in [-0.05, 0) is 36.8 Å². The maximum atomic E-state index is 13.1. The van der Waals surface area contributed by atoms with Gasteiger partial charge in [0.1, 0.15) is 11.4 Å². The smallest absolute Gasteiger partial charge is 0.394 e. The number of amides is 1. The summed E-state index contributed by atoms with van der Waals surface area (Å²) in [6.07, 6.45) is 1.47. The van der Waals surface area contributed by atoms with E-state index in [-0.39, 0.29) is 5.75 Å². The number of nitrogens with two attached hydrogens (primary N) is 1. The number of allylic oxidation sites excluding steroid dienone is 2. The van der Waals surface area contributed by atoms with Crippen molar-refractivity contribution < 1.29 is 23.0 Å². The predicted molar refractivity (Wildman–Crippen MR) is 137 cm³/mol. The number of halogens is 2. The van der Waals surface area contributed by atoms with E-state index in [0.29, 0.717) is 18.3 Å². The largest absolute Gasteiger partial charge is 0.433 e. The lowest BCUT2D eigenvalue weighted by atomic mass is 10.2. The fourth-order valence-electron chi connectivity index (χ4n) is 4.38. The van der Waals surface area contributed by atoms with Crippen LogP contribution >= 0.6 is 0 Å². The molecule has 200 valence electrons. The summed E-state index contributed by atoms with van der Waals surface area (Å²) in [5.41, 5.74) is 7.66. The van der Waals surface area contributed by atoms with Crippen LogP contribution < -0.4 is 15.4 Å². The number of alkyl halides is 2. The van der Waals surface area contributed by atoms with Crippen LogP contribution in [-0.2, 0) is 9.53 Å². The Labute approximate surface area is 212 Å². The molecule has 0 aliphatic carbocycles. The normalized spacial score (nSPS) is 18.9. The van der Waals surface area contributed by atoms with Gasteiger partial charge < -0.3 is 25.0 Å². The van der Waals surface area contributed by atoms with Crippen LogP contribution in [0.2, 0.25) is 0 Å². The number of anilines is 1. The lowest BCUT2D eigenvalue weighted by molar-refractivity contribution is -0.158. The maximum absolute atomic E-state index is 13.1. The molecule has 36 heavy (non-hydrogen) atoms. The van der Waals surface area contributed by atoms with Crippen molar-refractivity contribution in [1.29, 1.82) is 0 Å². The molecule has 2 saturated heterocycles. The molecule has 0 radical (unpaired) electrons. The number of nitrogens with zero attached hydrogens (tertiary/aromatic N) is 4. The average molecular weight is 508 g/mol. The monoisotopic (exact) mass is 507 g/mol. The maximum Gasteiger partial charge on any atom is 0.394 e. The SMILES string of the molecule is CC/C=C(/C=C(/C(N)=O)N(C)c1ccc(OC(C)(F)F)cc1)N1CCN(CCN2CCOCC2)CC1. The van der Waals surface area contributed by atoms with Gasteiger partial charge in [0, 0.05) is 77.7 Å². The van der Waals surface area contributed by atoms with Crippen molar-refractivity contribution >= 4 is 11.6 Å². The van der Waals surface area contributed by atoms with Crippen LogP contribution in [0.25, 0.3) is 0 Å². The number of carbonyl (C=O) groups excluding carboxylic acids is 1. The molecule has 2 N–H and O–H groups in total. The lowest BCUT2D eigenvalue weighted by Gasteiger charge is -2.38. The van der Waals surface area contributed by atoms with Crippen molar-refractivity contribution in [2.45, 2.75) is 26.4 Å². The van der Waals surface area contributed by atoms with Gasteiger partial charge in [0.15, 0.2) is 0 Å². The van der Waals surface area contributed by atoms with Gasteiger partial charge in [-0.15, -0.1) is 0 Å². The number of hydrogen-bond acceptors (Lipinski definition) is 7. The van der Waals surface area contributed by atoms with Crippen LogP contribution in [0, 0.1) is 0 Å². The molecule has 3 rings (SSSR count). The Balaban J connectivity index is 1.64. The second-order valence-corrected chi connectivity index (χ2v) is 9.18. The number of primary amides is 1. The molecule has 0 saturated carbocycles. The first kappa shape index (κ1) is 27.9. The van der Waals surface area contributed by atoms with Gasteiger partial charge in [0.25, 0.3) is 5.91 Å². The highest BCUT2D eigenvalue weighted by molar-refractivity contribution is 5.96. The van der Waals surface area contributed by atoms with Crippen LogP contribution in [-0.4, -0.2) is 99.3 Å². The summed E-state index contributed by atoms with van der Waals surface area (Å²) in [6, 6.07) is 6.13. The third kappa shape index (κ3) is 8.46. The van der Waals surface area contributed by atoms with Crippen molar-refractivity contribution in [3.05, 3.63) is 47.8 Å². The molecule has 0 unspecified atom stereocenters. The molecule has 0 spiro atoms. The molecule has 1 aromatic carbocycles. The lowest BCUT2D eigenvalue weighted by Crippen LogP contribution is -2.49. The third-order valence-corrected chi connectivity index (χ3v) is 6.41. The molecule has 2 aliphatic rings. The summed E-state index contributed by atoms with van der Waals surface area (Å²) in [5.74, 6) is -0.522. The Morgan fingerprint density at radius 2 is 1.67 bits per heavy atom. The second-order valence-electron chi connectivity index (χ2n) is 9.18. The van der Waals surface area contributed by atoms with Crippen molar-refractivity contribution in [3.8, 4) is 5.75 Å². The zero-order valence-corrected chi connectivity index (χ0v) is 21.6. The van der Waals surface area contributed by atoms with E-state index in [1.165, 1.54) is 12.1 Å². The van der Waals surface area contributed by atoms with E-state index < -0.39 is 12.0 Å². The van der Waals surface area contributed by atoms with E-state index in [1.54, 1.807) is 24.1 Å². The molecular formula is C26H39F2N5O3. The first-order valence-corrected chi connectivity index (χ1v) is 12.6. The molecule has 0 atom stereocenters. The molecule has 2 fully saturated rings. The summed E-state index contributed by atoms with van der Waals surface area (Å²) in [6.45, 7) is 12.1. The van der Waals surface area contributed by atoms with Crippen molar-refractivity contribution in [1.82, 2.24) is 14.7 Å². The van der Waals surface area contributed by atoms with Crippen molar-refractivity contribution in [2.75, 3.05) is 77.5 Å². The molecule has 1 aromatic rings. The Bertz CT molecular complexity index is 903. The quantitative estimate of drug-likeness (QED) is 0.365. The Morgan fingerprint density at radius 1 is 1.08 bits per heavy atom. The van der Waals surface area contributed by atoms with Gasteiger partial charge >= 0.3 is 6.11 Å². The van der Waals surface area contributed by atoms with Crippen LogP contribution in [0.3, 0.4) is 0 Å². The molecule has 8 nitrogen and oxygen atoms in total. The number of piperazine rings is 1. The van der Waals surface area contributed by atoms with Crippen LogP contribution in [0.5, 0.6) is 5.75 Å². The summed E-state index contributed by atoms with van der Waals surface area (Å²) in [4.78, 5) is 21.3. The Morgan fingerprint density at radius 3 is 2.19 bits per heavy atom. The predicted octanol–water partition coefficient (Wildman–Crippen LogP) is 2.73. The molecule has 1 amide bonds. The first-order valence-electron chi connectivity index (χ1n) is 12.6. The topological polar surface area (TPSA) is 74.5 Å². The first-order chi connectivity index (χ1) is 17.2. The van der Waals surface area contributed by atoms with Crippen LogP contribution in [0.4, 0.5) is 14.5 Å². The molecule has 10 heteroatoms. The van der Waals surface area contributed by atoms with E-state index in [0.717, 1.165) is 77.7 Å². The number of likely N-dealkylation sites (N-methyl/N-ethyl adjacent to an activating group) is 1. The standard InChI is InChI=1S/C26H39F2N5O3/c1-4-5-22(33-14-12-31(13-15-33)10-11-32-16-18-35-19-17-32)20-24(25(29)34)30(3)21-6-8-23(9-7-21)36-26(2,27)28/h5-9,20H,4,10-19H2,1-3H3,(H2,29,34)/b22-5-,24-20-. The van der Waals surface area contributed by atoms with Gasteiger partial charge in [-0.3, -0.25) is 14.6 Å². The number of morpholine rings is 1. The van der Waals surface area contributed by atoms with Crippen LogP contribution in [0.1, 0.15) is 20.3 Å². The number of benzene rings is 1. The third-order valence-electron chi connectivity index (χ3n) is 6.41. The van der Waals surface area contributed by atoms with E-state index in [4.69, 9.17) is 10.5 Å². The highest BCUT2D eigenvalue weighted by atomic mass is 19.3. The molecule has 2 aliphatic heterocycles. The zero-order valence-electron chi connectivity index (χ0n) is 21.6.